The number of nitrogens with zero attached hydrogens (tertiary/aromatic N) is 1. The summed E-state index contributed by atoms with van der Waals surface area (Å²) in [5.41, 5.74) is 17.0. The molecule has 2 aromatic carbocycles. The summed E-state index contributed by atoms with van der Waals surface area (Å²) in [5.74, 6) is 0.510. The number of fused-ring (bicyclic) bond motifs is 4. The zero-order valence-electron chi connectivity index (χ0n) is 20.0. The standard InChI is InChI=1S/C28H33N3O3/c1-31-16-28(27(30)33)15-24(28)23-14-20(34-2)10-8-18(23)12-22(17-6-4-3-5-7-17)21-11-9-19(26(29)32)13-25(21)31/h8-14,17,24H,3-7,15-16H2,1-2H3,(H2,29,32)(H2,30,33)/b22-12+. The predicted octanol–water partition coefficient (Wildman–Crippen LogP) is 4.32. The van der Waals surface area contributed by atoms with Crippen molar-refractivity contribution >= 4 is 29.2 Å². The number of amides is 2. The molecular formula is C28H33N3O3. The summed E-state index contributed by atoms with van der Waals surface area (Å²) in [4.78, 5) is 26.9. The SMILES string of the molecule is COc1ccc2c(c1)C1CC1(C(N)=O)CN(C)c1cc(C(N)=O)ccc1/C(C1CCCCC1)=C/2. The molecule has 2 saturated carbocycles. The first-order valence-electron chi connectivity index (χ1n) is 12.2. The molecule has 2 atom stereocenters. The second-order valence-corrected chi connectivity index (χ2v) is 10.2. The third-order valence-electron chi connectivity index (χ3n) is 8.12. The van der Waals surface area contributed by atoms with Crippen LogP contribution < -0.4 is 21.1 Å². The third-order valence-corrected chi connectivity index (χ3v) is 8.12. The minimum Gasteiger partial charge on any atom is -0.497 e. The number of primary amides is 2. The van der Waals surface area contributed by atoms with Gasteiger partial charge < -0.3 is 21.1 Å². The minimum absolute atomic E-state index is 0.0299. The molecule has 6 heteroatoms. The van der Waals surface area contributed by atoms with Crippen molar-refractivity contribution in [2.75, 3.05) is 25.6 Å². The van der Waals surface area contributed by atoms with Crippen LogP contribution in [-0.4, -0.2) is 32.5 Å². The van der Waals surface area contributed by atoms with Gasteiger partial charge in [-0.15, -0.1) is 0 Å². The van der Waals surface area contributed by atoms with E-state index in [1.54, 1.807) is 7.11 Å². The van der Waals surface area contributed by atoms with E-state index in [-0.39, 0.29) is 11.8 Å². The van der Waals surface area contributed by atoms with Gasteiger partial charge >= 0.3 is 0 Å². The van der Waals surface area contributed by atoms with Crippen LogP contribution in [0, 0.1) is 11.3 Å². The Labute approximate surface area is 200 Å². The molecule has 3 aliphatic rings. The summed E-state index contributed by atoms with van der Waals surface area (Å²) >= 11 is 0. The summed E-state index contributed by atoms with van der Waals surface area (Å²) in [6.07, 6.45) is 9.00. The lowest BCUT2D eigenvalue weighted by atomic mass is 9.78. The van der Waals surface area contributed by atoms with Gasteiger partial charge in [-0.2, -0.15) is 0 Å². The van der Waals surface area contributed by atoms with Crippen molar-refractivity contribution < 1.29 is 14.3 Å². The van der Waals surface area contributed by atoms with E-state index in [1.165, 1.54) is 24.8 Å². The number of rotatable bonds is 4. The highest BCUT2D eigenvalue weighted by atomic mass is 16.5. The fourth-order valence-corrected chi connectivity index (χ4v) is 6.10. The molecule has 34 heavy (non-hydrogen) atoms. The predicted molar refractivity (Wildman–Crippen MR) is 135 cm³/mol. The lowest BCUT2D eigenvalue weighted by Crippen LogP contribution is -2.38. The molecule has 6 nitrogen and oxygen atoms in total. The largest absolute Gasteiger partial charge is 0.497 e. The maximum absolute atomic E-state index is 12.8. The van der Waals surface area contributed by atoms with E-state index >= 15 is 0 Å². The van der Waals surface area contributed by atoms with Crippen LogP contribution in [0.3, 0.4) is 0 Å². The van der Waals surface area contributed by atoms with Gasteiger partial charge in [0.1, 0.15) is 5.75 Å². The van der Waals surface area contributed by atoms with Crippen LogP contribution in [-0.2, 0) is 4.79 Å². The Kier molecular flexibility index (Phi) is 5.62. The summed E-state index contributed by atoms with van der Waals surface area (Å²) in [5, 5.41) is 0. The molecule has 0 aromatic heterocycles. The van der Waals surface area contributed by atoms with Crippen LogP contribution in [0.1, 0.15) is 71.5 Å². The summed E-state index contributed by atoms with van der Waals surface area (Å²) < 4.78 is 5.53. The van der Waals surface area contributed by atoms with Crippen molar-refractivity contribution in [2.24, 2.45) is 22.8 Å². The fourth-order valence-electron chi connectivity index (χ4n) is 6.10. The van der Waals surface area contributed by atoms with Crippen molar-refractivity contribution in [3.8, 4) is 5.75 Å². The van der Waals surface area contributed by atoms with E-state index < -0.39 is 11.3 Å². The third kappa shape index (κ3) is 3.75. The molecular weight excluding hydrogens is 426 g/mol. The molecule has 1 heterocycles. The van der Waals surface area contributed by atoms with Gasteiger partial charge in [-0.25, -0.2) is 0 Å². The molecule has 2 unspecified atom stereocenters. The number of nitrogens with two attached hydrogens (primary N) is 2. The molecule has 0 spiro atoms. The molecule has 2 aliphatic carbocycles. The van der Waals surface area contributed by atoms with Gasteiger partial charge in [0.15, 0.2) is 0 Å². The number of hydrogen-bond acceptors (Lipinski definition) is 4. The Balaban J connectivity index is 1.76. The quantitative estimate of drug-likeness (QED) is 0.711. The fraction of sp³-hybridized carbons (Fsp3) is 0.429. The summed E-state index contributed by atoms with van der Waals surface area (Å²) in [6, 6.07) is 11.9. The number of carbonyl (C=O) groups is 2. The van der Waals surface area contributed by atoms with E-state index in [2.05, 4.69) is 23.1 Å². The Morgan fingerprint density at radius 2 is 1.82 bits per heavy atom. The first-order valence-corrected chi connectivity index (χ1v) is 12.2. The van der Waals surface area contributed by atoms with Crippen LogP contribution in [0.5, 0.6) is 5.75 Å². The highest BCUT2D eigenvalue weighted by molar-refractivity contribution is 5.97. The van der Waals surface area contributed by atoms with E-state index in [1.807, 2.05) is 31.3 Å². The topological polar surface area (TPSA) is 98.7 Å². The van der Waals surface area contributed by atoms with E-state index in [0.29, 0.717) is 24.4 Å². The number of hydrogen-bond donors (Lipinski definition) is 2. The van der Waals surface area contributed by atoms with Crippen molar-refractivity contribution in [3.63, 3.8) is 0 Å². The second kappa shape index (κ2) is 8.49. The van der Waals surface area contributed by atoms with Gasteiger partial charge in [-0.3, -0.25) is 9.59 Å². The average Bonchev–Trinajstić information content (AvgIpc) is 3.57. The molecule has 0 radical (unpaired) electrons. The highest BCUT2D eigenvalue weighted by Crippen LogP contribution is 2.61. The molecule has 1 aliphatic heterocycles. The average molecular weight is 460 g/mol. The zero-order valence-corrected chi connectivity index (χ0v) is 20.0. The maximum atomic E-state index is 12.8. The van der Waals surface area contributed by atoms with Gasteiger partial charge in [-0.1, -0.05) is 37.5 Å². The molecule has 2 fully saturated rings. The molecule has 5 rings (SSSR count). The Hall–Kier alpha value is -3.28. The van der Waals surface area contributed by atoms with Gasteiger partial charge in [0.2, 0.25) is 11.8 Å². The van der Waals surface area contributed by atoms with Crippen molar-refractivity contribution in [1.82, 2.24) is 0 Å². The van der Waals surface area contributed by atoms with Crippen molar-refractivity contribution in [3.05, 3.63) is 58.7 Å². The van der Waals surface area contributed by atoms with Gasteiger partial charge in [-0.05, 0) is 66.1 Å². The lowest BCUT2D eigenvalue weighted by Gasteiger charge is -2.32. The van der Waals surface area contributed by atoms with E-state index in [9.17, 15) is 9.59 Å². The van der Waals surface area contributed by atoms with E-state index in [4.69, 9.17) is 16.2 Å². The summed E-state index contributed by atoms with van der Waals surface area (Å²) in [7, 11) is 3.65. The second-order valence-electron chi connectivity index (χ2n) is 10.2. The summed E-state index contributed by atoms with van der Waals surface area (Å²) in [6.45, 7) is 0.483. The van der Waals surface area contributed by atoms with Crippen LogP contribution in [0.25, 0.3) is 11.6 Å². The Morgan fingerprint density at radius 3 is 2.50 bits per heavy atom. The van der Waals surface area contributed by atoms with Crippen LogP contribution >= 0.6 is 0 Å². The number of carbonyl (C=O) groups excluding carboxylic acids is 2. The molecule has 0 saturated heterocycles. The number of methoxy groups -OCH3 is 1. The smallest absolute Gasteiger partial charge is 0.248 e. The van der Waals surface area contributed by atoms with Crippen molar-refractivity contribution in [1.29, 1.82) is 0 Å². The highest BCUT2D eigenvalue weighted by Gasteiger charge is 2.60. The van der Waals surface area contributed by atoms with Gasteiger partial charge in [0.25, 0.3) is 0 Å². The Morgan fingerprint density at radius 1 is 1.06 bits per heavy atom. The monoisotopic (exact) mass is 459 g/mol. The van der Waals surface area contributed by atoms with Crippen LogP contribution in [0.15, 0.2) is 36.4 Å². The van der Waals surface area contributed by atoms with Crippen LogP contribution in [0.2, 0.25) is 0 Å². The minimum atomic E-state index is -0.661. The first-order chi connectivity index (χ1) is 16.3. The maximum Gasteiger partial charge on any atom is 0.248 e. The number of anilines is 1. The normalized spacial score (nSPS) is 25.8. The molecule has 4 N–H and O–H groups in total. The lowest BCUT2D eigenvalue weighted by molar-refractivity contribution is -0.122. The van der Waals surface area contributed by atoms with Gasteiger partial charge in [0.05, 0.1) is 12.5 Å². The molecule has 178 valence electrons. The van der Waals surface area contributed by atoms with Gasteiger partial charge in [0, 0.05) is 36.3 Å². The molecule has 0 bridgehead atoms. The number of ether oxygens (including phenoxy) is 1. The first kappa shape index (κ1) is 22.5. The Bertz CT molecular complexity index is 1180. The number of benzene rings is 2. The zero-order chi connectivity index (χ0) is 24.0. The molecule has 2 amide bonds. The molecule has 2 aromatic rings. The van der Waals surface area contributed by atoms with E-state index in [0.717, 1.165) is 41.0 Å². The van der Waals surface area contributed by atoms with Crippen LogP contribution in [0.4, 0.5) is 5.69 Å². The number of allylic oxidation sites excluding steroid dienone is 1. The van der Waals surface area contributed by atoms with Crippen molar-refractivity contribution in [2.45, 2.75) is 44.4 Å².